The van der Waals surface area contributed by atoms with Gasteiger partial charge in [-0.1, -0.05) is 12.1 Å². The number of carbonyl (C=O) groups is 1. The van der Waals surface area contributed by atoms with Crippen LogP contribution < -0.4 is 0 Å². The van der Waals surface area contributed by atoms with Crippen LogP contribution in [0, 0.1) is 6.92 Å². The molecule has 0 spiro atoms. The molecule has 0 aliphatic rings. The van der Waals surface area contributed by atoms with Crippen LogP contribution in [0.25, 0.3) is 22.6 Å². The molecule has 23 heavy (non-hydrogen) atoms. The Labute approximate surface area is 133 Å². The SMILES string of the molecule is CCOC(=O)c1cc(-c2cc(-c3nncn3C)ccc2C)n[nH]1. The van der Waals surface area contributed by atoms with Crippen molar-refractivity contribution in [2.24, 2.45) is 7.05 Å². The molecule has 0 bridgehead atoms. The highest BCUT2D eigenvalue weighted by Gasteiger charge is 2.14. The molecule has 2 heterocycles. The summed E-state index contributed by atoms with van der Waals surface area (Å²) in [6, 6.07) is 7.67. The first kappa shape index (κ1) is 15.0. The van der Waals surface area contributed by atoms with Gasteiger partial charge in [-0.25, -0.2) is 4.79 Å². The van der Waals surface area contributed by atoms with Gasteiger partial charge in [0.15, 0.2) is 5.82 Å². The highest BCUT2D eigenvalue weighted by molar-refractivity contribution is 5.89. The fourth-order valence-electron chi connectivity index (χ4n) is 2.35. The van der Waals surface area contributed by atoms with Crippen molar-refractivity contribution >= 4 is 5.97 Å². The molecule has 0 saturated carbocycles. The van der Waals surface area contributed by atoms with Gasteiger partial charge in [-0.15, -0.1) is 10.2 Å². The van der Waals surface area contributed by atoms with Gasteiger partial charge < -0.3 is 9.30 Å². The predicted octanol–water partition coefficient (Wildman–Crippen LogP) is 2.36. The Bertz CT molecular complexity index is 850. The van der Waals surface area contributed by atoms with E-state index in [4.69, 9.17) is 4.74 Å². The Morgan fingerprint density at radius 1 is 1.35 bits per heavy atom. The fraction of sp³-hybridized carbons (Fsp3) is 0.250. The van der Waals surface area contributed by atoms with Gasteiger partial charge in [0.25, 0.3) is 0 Å². The zero-order chi connectivity index (χ0) is 16.4. The second-order valence-corrected chi connectivity index (χ2v) is 5.18. The quantitative estimate of drug-likeness (QED) is 0.748. The lowest BCUT2D eigenvalue weighted by molar-refractivity contribution is 0.0519. The number of nitrogens with zero attached hydrogens (tertiary/aromatic N) is 4. The van der Waals surface area contributed by atoms with Gasteiger partial charge in [-0.3, -0.25) is 5.10 Å². The van der Waals surface area contributed by atoms with Gasteiger partial charge in [-0.05, 0) is 31.5 Å². The summed E-state index contributed by atoms with van der Waals surface area (Å²) in [5.41, 5.74) is 3.95. The number of aromatic nitrogens is 5. The number of carbonyl (C=O) groups excluding carboxylic acids is 1. The van der Waals surface area contributed by atoms with Crippen LogP contribution in [0.1, 0.15) is 23.0 Å². The van der Waals surface area contributed by atoms with Gasteiger partial charge in [0.1, 0.15) is 12.0 Å². The Balaban J connectivity index is 2.00. The van der Waals surface area contributed by atoms with Gasteiger partial charge in [0.2, 0.25) is 0 Å². The molecule has 0 fully saturated rings. The largest absolute Gasteiger partial charge is 0.461 e. The number of H-pyrrole nitrogens is 1. The van der Waals surface area contributed by atoms with Crippen molar-refractivity contribution in [3.05, 3.63) is 41.9 Å². The van der Waals surface area contributed by atoms with E-state index in [1.807, 2.05) is 36.7 Å². The molecule has 0 radical (unpaired) electrons. The summed E-state index contributed by atoms with van der Waals surface area (Å²) in [6.07, 6.45) is 1.66. The van der Waals surface area contributed by atoms with E-state index in [-0.39, 0.29) is 0 Å². The van der Waals surface area contributed by atoms with Gasteiger partial charge in [-0.2, -0.15) is 5.10 Å². The second kappa shape index (κ2) is 6.04. The lowest BCUT2D eigenvalue weighted by Crippen LogP contribution is -2.04. The number of rotatable bonds is 4. The minimum absolute atomic E-state index is 0.327. The monoisotopic (exact) mass is 311 g/mol. The molecular formula is C16H17N5O2. The maximum absolute atomic E-state index is 11.8. The number of hydrogen-bond acceptors (Lipinski definition) is 5. The lowest BCUT2D eigenvalue weighted by atomic mass is 10.0. The van der Waals surface area contributed by atoms with E-state index < -0.39 is 5.97 Å². The van der Waals surface area contributed by atoms with Crippen molar-refractivity contribution in [3.63, 3.8) is 0 Å². The Morgan fingerprint density at radius 3 is 2.87 bits per heavy atom. The van der Waals surface area contributed by atoms with Gasteiger partial charge in [0, 0.05) is 18.2 Å². The van der Waals surface area contributed by atoms with Gasteiger partial charge in [0.05, 0.1) is 12.3 Å². The van der Waals surface area contributed by atoms with Crippen LogP contribution in [0.15, 0.2) is 30.6 Å². The molecule has 0 saturated heterocycles. The summed E-state index contributed by atoms with van der Waals surface area (Å²) >= 11 is 0. The molecule has 7 heteroatoms. The summed E-state index contributed by atoms with van der Waals surface area (Å²) in [7, 11) is 1.89. The molecule has 0 amide bonds. The standard InChI is InChI=1S/C16H17N5O2/c1-4-23-16(22)14-8-13(18-19-14)12-7-11(6-5-10(12)2)15-20-17-9-21(15)3/h5-9H,4H2,1-3H3,(H,18,19). The number of esters is 1. The number of ether oxygens (including phenoxy) is 1. The Morgan fingerprint density at radius 2 is 2.17 bits per heavy atom. The first-order valence-corrected chi connectivity index (χ1v) is 7.28. The topological polar surface area (TPSA) is 85.7 Å². The average Bonchev–Trinajstić information content (AvgIpc) is 3.17. The van der Waals surface area contributed by atoms with E-state index in [2.05, 4.69) is 20.4 Å². The smallest absolute Gasteiger partial charge is 0.356 e. The molecule has 1 aromatic carbocycles. The minimum atomic E-state index is -0.409. The van der Waals surface area contributed by atoms with E-state index in [1.165, 1.54) is 0 Å². The maximum atomic E-state index is 11.8. The van der Waals surface area contributed by atoms with Crippen LogP contribution in [0.3, 0.4) is 0 Å². The molecule has 0 aliphatic carbocycles. The lowest BCUT2D eigenvalue weighted by Gasteiger charge is -2.06. The van der Waals surface area contributed by atoms with Crippen LogP contribution in [0.5, 0.6) is 0 Å². The third-order valence-electron chi connectivity index (χ3n) is 3.56. The third-order valence-corrected chi connectivity index (χ3v) is 3.56. The van der Waals surface area contributed by atoms with Crippen molar-refractivity contribution in [1.82, 2.24) is 25.0 Å². The van der Waals surface area contributed by atoms with Crippen molar-refractivity contribution in [1.29, 1.82) is 0 Å². The van der Waals surface area contributed by atoms with Crippen LogP contribution >= 0.6 is 0 Å². The van der Waals surface area contributed by atoms with E-state index in [0.717, 1.165) is 22.5 Å². The molecule has 2 aromatic heterocycles. The Kier molecular flexibility index (Phi) is 3.92. The molecule has 7 nitrogen and oxygen atoms in total. The summed E-state index contributed by atoms with van der Waals surface area (Å²) in [4.78, 5) is 11.8. The minimum Gasteiger partial charge on any atom is -0.461 e. The van der Waals surface area contributed by atoms with Crippen LogP contribution in [0.2, 0.25) is 0 Å². The number of aromatic amines is 1. The highest BCUT2D eigenvalue weighted by Crippen LogP contribution is 2.27. The normalized spacial score (nSPS) is 10.7. The maximum Gasteiger partial charge on any atom is 0.356 e. The predicted molar refractivity (Wildman–Crippen MR) is 84.7 cm³/mol. The summed E-state index contributed by atoms with van der Waals surface area (Å²) in [6.45, 7) is 4.09. The summed E-state index contributed by atoms with van der Waals surface area (Å²) in [5, 5.41) is 15.0. The molecule has 0 unspecified atom stereocenters. The fourth-order valence-corrected chi connectivity index (χ4v) is 2.35. The molecule has 0 atom stereocenters. The third kappa shape index (κ3) is 2.85. The molecule has 118 valence electrons. The zero-order valence-electron chi connectivity index (χ0n) is 13.2. The number of aryl methyl sites for hydroxylation is 2. The van der Waals surface area contributed by atoms with Crippen LogP contribution in [-0.2, 0) is 11.8 Å². The van der Waals surface area contributed by atoms with Gasteiger partial charge >= 0.3 is 5.97 Å². The molecular weight excluding hydrogens is 294 g/mol. The van der Waals surface area contributed by atoms with E-state index >= 15 is 0 Å². The number of hydrogen-bond donors (Lipinski definition) is 1. The molecule has 1 N–H and O–H groups in total. The van der Waals surface area contributed by atoms with Crippen LogP contribution in [-0.4, -0.2) is 37.5 Å². The average molecular weight is 311 g/mol. The molecule has 3 aromatic rings. The zero-order valence-corrected chi connectivity index (χ0v) is 13.2. The van der Waals surface area contributed by atoms with Crippen molar-refractivity contribution in [2.75, 3.05) is 6.61 Å². The van der Waals surface area contributed by atoms with Crippen molar-refractivity contribution in [3.8, 4) is 22.6 Å². The van der Waals surface area contributed by atoms with E-state index in [9.17, 15) is 4.79 Å². The van der Waals surface area contributed by atoms with E-state index in [1.54, 1.807) is 19.3 Å². The van der Waals surface area contributed by atoms with E-state index in [0.29, 0.717) is 18.0 Å². The van der Waals surface area contributed by atoms with Crippen molar-refractivity contribution in [2.45, 2.75) is 13.8 Å². The highest BCUT2D eigenvalue weighted by atomic mass is 16.5. The first-order valence-electron chi connectivity index (χ1n) is 7.28. The summed E-state index contributed by atoms with van der Waals surface area (Å²) < 4.78 is 6.82. The van der Waals surface area contributed by atoms with Crippen molar-refractivity contribution < 1.29 is 9.53 Å². The molecule has 3 rings (SSSR count). The number of nitrogens with one attached hydrogen (secondary N) is 1. The summed E-state index contributed by atoms with van der Waals surface area (Å²) in [5.74, 6) is 0.362. The molecule has 0 aliphatic heterocycles. The second-order valence-electron chi connectivity index (χ2n) is 5.18. The Hall–Kier alpha value is -2.96. The van der Waals surface area contributed by atoms with Crippen LogP contribution in [0.4, 0.5) is 0 Å². The number of benzene rings is 1. The first-order chi connectivity index (χ1) is 11.1.